The smallest absolute Gasteiger partial charge is 0.416 e. The van der Waals surface area contributed by atoms with Crippen LogP contribution in [0.3, 0.4) is 0 Å². The molecule has 0 aliphatic heterocycles. The van der Waals surface area contributed by atoms with E-state index in [1.165, 1.54) is 0 Å². The van der Waals surface area contributed by atoms with Crippen LogP contribution in [0.1, 0.15) is 15.9 Å². The van der Waals surface area contributed by atoms with Crippen LogP contribution in [-0.4, -0.2) is 28.7 Å². The zero-order valence-corrected chi connectivity index (χ0v) is 13.6. The van der Waals surface area contributed by atoms with E-state index in [4.69, 9.17) is 16.7 Å². The van der Waals surface area contributed by atoms with Gasteiger partial charge in [-0.2, -0.15) is 13.2 Å². The molecule has 0 unspecified atom stereocenters. The average Bonchev–Trinajstić information content (AvgIpc) is 2.53. The second kappa shape index (κ2) is 7.52. The van der Waals surface area contributed by atoms with Crippen LogP contribution in [0, 0.1) is 0 Å². The fourth-order valence-electron chi connectivity index (χ4n) is 1.89. The number of ether oxygens (including phenoxy) is 1. The fourth-order valence-corrected chi connectivity index (χ4v) is 2.05. The molecule has 2 aromatic rings. The van der Waals surface area contributed by atoms with Gasteiger partial charge in [-0.05, 0) is 30.3 Å². The third kappa shape index (κ3) is 4.79. The summed E-state index contributed by atoms with van der Waals surface area (Å²) in [5, 5.41) is 20.6. The molecule has 0 aliphatic carbocycles. The second-order valence-corrected chi connectivity index (χ2v) is 5.43. The Morgan fingerprint density at radius 2 is 1.81 bits per heavy atom. The lowest BCUT2D eigenvalue weighted by Crippen LogP contribution is -2.21. The lowest BCUT2D eigenvalue weighted by Gasteiger charge is -2.12. The molecule has 0 aromatic heterocycles. The number of phenolic OH excluding ortho intramolecular Hbond substituents is 2. The van der Waals surface area contributed by atoms with Crippen molar-refractivity contribution < 1.29 is 37.7 Å². The number of halogens is 4. The largest absolute Gasteiger partial charge is 0.508 e. The van der Waals surface area contributed by atoms with Crippen LogP contribution in [0.4, 0.5) is 18.9 Å². The van der Waals surface area contributed by atoms with E-state index in [1.807, 2.05) is 0 Å². The van der Waals surface area contributed by atoms with Gasteiger partial charge in [-0.1, -0.05) is 11.6 Å². The Hall–Kier alpha value is -2.94. The second-order valence-electron chi connectivity index (χ2n) is 5.02. The quantitative estimate of drug-likeness (QED) is 0.695. The first kappa shape index (κ1) is 19.4. The van der Waals surface area contributed by atoms with E-state index in [0.29, 0.717) is 6.07 Å². The summed E-state index contributed by atoms with van der Waals surface area (Å²) >= 11 is 5.74. The summed E-state index contributed by atoms with van der Waals surface area (Å²) in [7, 11) is 0. The molecule has 0 atom stereocenters. The van der Waals surface area contributed by atoms with Crippen molar-refractivity contribution in [3.05, 3.63) is 52.5 Å². The van der Waals surface area contributed by atoms with Crippen molar-refractivity contribution in [2.24, 2.45) is 0 Å². The van der Waals surface area contributed by atoms with Gasteiger partial charge in [0, 0.05) is 6.07 Å². The molecule has 0 aliphatic rings. The molecule has 138 valence electrons. The van der Waals surface area contributed by atoms with E-state index in [9.17, 15) is 27.9 Å². The zero-order chi connectivity index (χ0) is 19.5. The van der Waals surface area contributed by atoms with Gasteiger partial charge in [0.05, 0.1) is 16.3 Å². The van der Waals surface area contributed by atoms with Crippen LogP contribution in [0.5, 0.6) is 11.5 Å². The van der Waals surface area contributed by atoms with Crippen molar-refractivity contribution >= 4 is 29.2 Å². The summed E-state index contributed by atoms with van der Waals surface area (Å²) in [6.45, 7) is -0.828. The number of amides is 1. The molecule has 0 bridgehead atoms. The first-order valence-electron chi connectivity index (χ1n) is 6.93. The lowest BCUT2D eigenvalue weighted by molar-refractivity contribution is -0.137. The van der Waals surface area contributed by atoms with Crippen molar-refractivity contribution in [1.29, 1.82) is 0 Å². The van der Waals surface area contributed by atoms with E-state index in [0.717, 1.165) is 30.3 Å². The summed E-state index contributed by atoms with van der Waals surface area (Å²) < 4.78 is 42.7. The molecule has 0 spiro atoms. The number of hydrogen-bond donors (Lipinski definition) is 3. The number of aromatic hydroxyl groups is 2. The van der Waals surface area contributed by atoms with Crippen LogP contribution in [-0.2, 0) is 15.7 Å². The van der Waals surface area contributed by atoms with Crippen molar-refractivity contribution in [3.63, 3.8) is 0 Å². The third-order valence-electron chi connectivity index (χ3n) is 3.10. The maximum atomic E-state index is 12.7. The molecule has 26 heavy (non-hydrogen) atoms. The number of anilines is 1. The van der Waals surface area contributed by atoms with Gasteiger partial charge >= 0.3 is 12.1 Å². The number of esters is 1. The van der Waals surface area contributed by atoms with E-state index >= 15 is 0 Å². The van der Waals surface area contributed by atoms with Gasteiger partial charge in [0.25, 0.3) is 5.91 Å². The monoisotopic (exact) mass is 389 g/mol. The highest BCUT2D eigenvalue weighted by Crippen LogP contribution is 2.33. The van der Waals surface area contributed by atoms with Crippen molar-refractivity contribution in [2.45, 2.75) is 6.18 Å². The number of hydrogen-bond acceptors (Lipinski definition) is 5. The Morgan fingerprint density at radius 3 is 2.42 bits per heavy atom. The average molecular weight is 390 g/mol. The Balaban J connectivity index is 2.02. The molecule has 0 saturated carbocycles. The van der Waals surface area contributed by atoms with E-state index in [-0.39, 0.29) is 22.0 Å². The number of carbonyl (C=O) groups is 2. The summed E-state index contributed by atoms with van der Waals surface area (Å²) in [5.41, 5.74) is -1.61. The van der Waals surface area contributed by atoms with Crippen LogP contribution in [0.15, 0.2) is 36.4 Å². The van der Waals surface area contributed by atoms with Gasteiger partial charge < -0.3 is 20.3 Å². The van der Waals surface area contributed by atoms with E-state index in [1.54, 1.807) is 0 Å². The normalized spacial score (nSPS) is 11.1. The van der Waals surface area contributed by atoms with Gasteiger partial charge in [0.2, 0.25) is 0 Å². The van der Waals surface area contributed by atoms with Gasteiger partial charge in [0.1, 0.15) is 17.1 Å². The highest BCUT2D eigenvalue weighted by molar-refractivity contribution is 6.33. The highest BCUT2D eigenvalue weighted by Gasteiger charge is 2.31. The zero-order valence-electron chi connectivity index (χ0n) is 12.8. The number of alkyl halides is 3. The standard InChI is InChI=1S/C16H11ClF3NO5/c17-11-4-1-8(16(18,19)20)5-12(11)21-14(24)7-26-15(25)10-3-2-9(22)6-13(10)23/h1-6,22-23H,7H2,(H,21,24). The number of phenols is 2. The number of nitrogens with one attached hydrogen (secondary N) is 1. The predicted octanol–water partition coefficient (Wildman–Crippen LogP) is 3.57. The Kier molecular flexibility index (Phi) is 5.61. The van der Waals surface area contributed by atoms with E-state index in [2.05, 4.69) is 10.1 Å². The molecule has 2 rings (SSSR count). The minimum atomic E-state index is -4.62. The summed E-state index contributed by atoms with van der Waals surface area (Å²) in [6, 6.07) is 5.48. The number of benzene rings is 2. The first-order valence-corrected chi connectivity index (χ1v) is 7.31. The van der Waals surface area contributed by atoms with E-state index < -0.39 is 36.0 Å². The minimum Gasteiger partial charge on any atom is -0.508 e. The molecule has 0 fully saturated rings. The van der Waals surface area contributed by atoms with Crippen molar-refractivity contribution in [1.82, 2.24) is 0 Å². The molecule has 1 amide bonds. The fraction of sp³-hybridized carbons (Fsp3) is 0.125. The molecule has 3 N–H and O–H groups in total. The predicted molar refractivity (Wildman–Crippen MR) is 85.1 cm³/mol. The highest BCUT2D eigenvalue weighted by atomic mass is 35.5. The third-order valence-corrected chi connectivity index (χ3v) is 3.43. The Bertz CT molecular complexity index is 854. The molecular formula is C16H11ClF3NO5. The summed E-state index contributed by atoms with van der Waals surface area (Å²) in [5.74, 6) is -2.84. The Morgan fingerprint density at radius 1 is 1.12 bits per heavy atom. The Labute approximate surface area is 149 Å². The molecular weight excluding hydrogens is 379 g/mol. The van der Waals surface area contributed by atoms with Gasteiger partial charge in [0.15, 0.2) is 6.61 Å². The lowest BCUT2D eigenvalue weighted by atomic mass is 10.2. The maximum Gasteiger partial charge on any atom is 0.416 e. The summed E-state index contributed by atoms with van der Waals surface area (Å²) in [4.78, 5) is 23.5. The molecule has 0 radical (unpaired) electrons. The molecule has 6 nitrogen and oxygen atoms in total. The van der Waals surface area contributed by atoms with Crippen LogP contribution in [0.2, 0.25) is 5.02 Å². The van der Waals surface area contributed by atoms with Gasteiger partial charge in [-0.3, -0.25) is 4.79 Å². The van der Waals surface area contributed by atoms with Gasteiger partial charge in [-0.15, -0.1) is 0 Å². The molecule has 10 heteroatoms. The molecule has 0 saturated heterocycles. The minimum absolute atomic E-state index is 0.131. The van der Waals surface area contributed by atoms with Crippen molar-refractivity contribution in [2.75, 3.05) is 11.9 Å². The number of rotatable bonds is 4. The first-order chi connectivity index (χ1) is 12.1. The molecule has 2 aromatic carbocycles. The maximum absolute atomic E-state index is 12.7. The van der Waals surface area contributed by atoms with Crippen LogP contribution < -0.4 is 5.32 Å². The van der Waals surface area contributed by atoms with Gasteiger partial charge in [-0.25, -0.2) is 4.79 Å². The molecule has 0 heterocycles. The summed E-state index contributed by atoms with van der Waals surface area (Å²) in [6.07, 6.45) is -4.62. The van der Waals surface area contributed by atoms with Crippen molar-refractivity contribution in [3.8, 4) is 11.5 Å². The van der Waals surface area contributed by atoms with Crippen LogP contribution in [0.25, 0.3) is 0 Å². The van der Waals surface area contributed by atoms with Crippen LogP contribution >= 0.6 is 11.6 Å². The topological polar surface area (TPSA) is 95.9 Å². The SMILES string of the molecule is O=C(COC(=O)c1ccc(O)cc1O)Nc1cc(C(F)(F)F)ccc1Cl. The number of carbonyl (C=O) groups excluding carboxylic acids is 2.